The van der Waals surface area contributed by atoms with Crippen molar-refractivity contribution >= 4 is 28.5 Å². The topological polar surface area (TPSA) is 87.5 Å². The molecule has 0 spiro atoms. The second kappa shape index (κ2) is 9.02. The minimum Gasteiger partial charge on any atom is -0.478 e. The molecule has 0 aliphatic carbocycles. The Kier molecular flexibility index (Phi) is 6.17. The van der Waals surface area contributed by atoms with Gasteiger partial charge in [-0.15, -0.1) is 0 Å². The summed E-state index contributed by atoms with van der Waals surface area (Å²) in [6, 6.07) is 10.5. The summed E-state index contributed by atoms with van der Waals surface area (Å²) in [6.07, 6.45) is 4.59. The Balaban J connectivity index is 1.82. The van der Waals surface area contributed by atoms with Crippen LogP contribution in [0.15, 0.2) is 41.2 Å². The van der Waals surface area contributed by atoms with Gasteiger partial charge >= 0.3 is 5.97 Å². The average molecular weight is 435 g/mol. The summed E-state index contributed by atoms with van der Waals surface area (Å²) in [5.41, 5.74) is 3.22. The molecular formula is C25H30N4O3. The Labute approximate surface area is 187 Å². The van der Waals surface area contributed by atoms with E-state index in [0.29, 0.717) is 22.5 Å². The van der Waals surface area contributed by atoms with Crippen LogP contribution in [0.4, 0.5) is 11.6 Å². The van der Waals surface area contributed by atoms with Crippen molar-refractivity contribution in [1.82, 2.24) is 9.55 Å². The van der Waals surface area contributed by atoms with Crippen LogP contribution in [0.3, 0.4) is 0 Å². The first-order chi connectivity index (χ1) is 15.4. The minimum absolute atomic E-state index is 0.0580. The largest absolute Gasteiger partial charge is 0.478 e. The molecule has 1 atom stereocenters. The molecule has 1 fully saturated rings. The second-order valence-electron chi connectivity index (χ2n) is 8.64. The molecule has 1 aromatic heterocycles. The summed E-state index contributed by atoms with van der Waals surface area (Å²) in [7, 11) is 1.79. The molecule has 7 nitrogen and oxygen atoms in total. The van der Waals surface area contributed by atoms with Crippen LogP contribution in [0.5, 0.6) is 0 Å². The van der Waals surface area contributed by atoms with Gasteiger partial charge in [0.1, 0.15) is 0 Å². The van der Waals surface area contributed by atoms with Gasteiger partial charge in [0.15, 0.2) is 0 Å². The zero-order valence-electron chi connectivity index (χ0n) is 18.9. The number of carboxylic acid groups (broad SMARTS) is 1. The Hall–Kier alpha value is -3.35. The Morgan fingerprint density at radius 1 is 1.12 bits per heavy atom. The number of rotatable bonds is 5. The van der Waals surface area contributed by atoms with E-state index in [9.17, 15) is 14.7 Å². The number of fused-ring (bicyclic) bond motifs is 1. The lowest BCUT2D eigenvalue weighted by atomic mass is 10.0. The predicted molar refractivity (Wildman–Crippen MR) is 128 cm³/mol. The lowest BCUT2D eigenvalue weighted by molar-refractivity contribution is 0.0698. The number of anilines is 2. The third kappa shape index (κ3) is 4.20. The molecule has 3 aromatic rings. The fraction of sp³-hybridized carbons (Fsp3) is 0.400. The number of aryl methyl sites for hydroxylation is 1. The quantitative estimate of drug-likeness (QED) is 0.615. The fourth-order valence-electron chi connectivity index (χ4n) is 4.53. The minimum atomic E-state index is -0.982. The lowest BCUT2D eigenvalue weighted by Gasteiger charge is -2.25. The molecule has 1 saturated heterocycles. The Morgan fingerprint density at radius 3 is 2.50 bits per heavy atom. The molecule has 0 amide bonds. The summed E-state index contributed by atoms with van der Waals surface area (Å²) in [5, 5.41) is 13.4. The van der Waals surface area contributed by atoms with E-state index in [1.165, 1.54) is 12.8 Å². The monoisotopic (exact) mass is 434 g/mol. The molecule has 2 heterocycles. The van der Waals surface area contributed by atoms with Gasteiger partial charge in [-0.25, -0.2) is 9.78 Å². The van der Waals surface area contributed by atoms with E-state index in [1.54, 1.807) is 35.9 Å². The van der Waals surface area contributed by atoms with E-state index in [1.807, 2.05) is 26.0 Å². The number of nitrogens with one attached hydrogen (secondary N) is 1. The first kappa shape index (κ1) is 21.9. The van der Waals surface area contributed by atoms with Crippen LogP contribution in [0.25, 0.3) is 10.9 Å². The molecule has 2 N–H and O–H groups in total. The van der Waals surface area contributed by atoms with E-state index < -0.39 is 5.97 Å². The number of para-hydroxylation sites is 1. The summed E-state index contributed by atoms with van der Waals surface area (Å²) < 4.78 is 1.66. The van der Waals surface area contributed by atoms with Crippen LogP contribution in [-0.2, 0) is 7.05 Å². The van der Waals surface area contributed by atoms with Gasteiger partial charge in [-0.05, 0) is 50.5 Å². The number of aromatic nitrogens is 2. The number of hydrogen-bond acceptors (Lipinski definition) is 5. The third-order valence-corrected chi connectivity index (χ3v) is 6.22. The van der Waals surface area contributed by atoms with Crippen molar-refractivity contribution in [3.63, 3.8) is 0 Å². The van der Waals surface area contributed by atoms with Gasteiger partial charge in [0.2, 0.25) is 5.95 Å². The molecule has 1 aliphatic rings. The molecule has 7 heteroatoms. The van der Waals surface area contributed by atoms with E-state index in [0.717, 1.165) is 37.1 Å². The van der Waals surface area contributed by atoms with E-state index >= 15 is 0 Å². The number of carboxylic acids is 1. The molecule has 0 bridgehead atoms. The van der Waals surface area contributed by atoms with Gasteiger partial charge in [-0.2, -0.15) is 0 Å². The summed E-state index contributed by atoms with van der Waals surface area (Å²) in [5.74, 6) is -0.280. The Bertz CT molecular complexity index is 1210. The van der Waals surface area contributed by atoms with Gasteiger partial charge in [0.25, 0.3) is 5.56 Å². The normalized spacial score (nSPS) is 15.4. The molecule has 32 heavy (non-hydrogen) atoms. The number of hydrogen-bond donors (Lipinski definition) is 2. The average Bonchev–Trinajstić information content (AvgIpc) is 3.05. The highest BCUT2D eigenvalue weighted by atomic mass is 16.4. The fourth-order valence-corrected chi connectivity index (χ4v) is 4.53. The van der Waals surface area contributed by atoms with Crippen molar-refractivity contribution in [2.45, 2.75) is 45.6 Å². The van der Waals surface area contributed by atoms with Gasteiger partial charge in [-0.1, -0.05) is 31.0 Å². The highest BCUT2D eigenvalue weighted by Gasteiger charge is 2.21. The maximum absolute atomic E-state index is 13.3. The molecule has 0 saturated carbocycles. The van der Waals surface area contributed by atoms with E-state index in [-0.39, 0.29) is 17.2 Å². The van der Waals surface area contributed by atoms with Crippen molar-refractivity contribution in [2.24, 2.45) is 7.05 Å². The summed E-state index contributed by atoms with van der Waals surface area (Å²) in [4.78, 5) is 32.2. The van der Waals surface area contributed by atoms with E-state index in [4.69, 9.17) is 4.98 Å². The van der Waals surface area contributed by atoms with E-state index in [2.05, 4.69) is 10.2 Å². The van der Waals surface area contributed by atoms with Crippen molar-refractivity contribution < 1.29 is 9.90 Å². The van der Waals surface area contributed by atoms with Crippen LogP contribution in [-0.4, -0.2) is 33.7 Å². The maximum Gasteiger partial charge on any atom is 0.337 e. The molecule has 1 aliphatic heterocycles. The first-order valence-corrected chi connectivity index (χ1v) is 11.2. The van der Waals surface area contributed by atoms with Crippen LogP contribution < -0.4 is 15.8 Å². The molecule has 4 rings (SSSR count). The lowest BCUT2D eigenvalue weighted by Crippen LogP contribution is -2.32. The first-order valence-electron chi connectivity index (χ1n) is 11.2. The van der Waals surface area contributed by atoms with Crippen molar-refractivity contribution in [2.75, 3.05) is 23.3 Å². The second-order valence-corrected chi connectivity index (χ2v) is 8.64. The summed E-state index contributed by atoms with van der Waals surface area (Å²) >= 11 is 0. The van der Waals surface area contributed by atoms with Crippen LogP contribution in [0.1, 0.15) is 60.1 Å². The third-order valence-electron chi connectivity index (χ3n) is 6.22. The highest BCUT2D eigenvalue weighted by Crippen LogP contribution is 2.29. The van der Waals surface area contributed by atoms with Gasteiger partial charge in [0, 0.05) is 31.4 Å². The standard InChI is InChI=1S/C25H30N4O3/c1-16-14-19(17(2)26-21-11-7-6-10-18(21)24(31)32)22-20(15-16)23(30)28(3)25(27-22)29-12-8-4-5-9-13-29/h6-7,10-11,14-15,17,26H,4-5,8-9,12-13H2,1-3H3,(H,31,32). The number of carbonyl (C=O) groups is 1. The number of benzene rings is 2. The zero-order chi connectivity index (χ0) is 22.8. The zero-order valence-corrected chi connectivity index (χ0v) is 18.9. The smallest absolute Gasteiger partial charge is 0.337 e. The molecule has 2 aromatic carbocycles. The Morgan fingerprint density at radius 2 is 1.81 bits per heavy atom. The van der Waals surface area contributed by atoms with Crippen LogP contribution in [0, 0.1) is 6.92 Å². The molecule has 0 radical (unpaired) electrons. The molecular weight excluding hydrogens is 404 g/mol. The number of nitrogens with zero attached hydrogens (tertiary/aromatic N) is 3. The highest BCUT2D eigenvalue weighted by molar-refractivity contribution is 5.94. The number of aromatic carboxylic acids is 1. The van der Waals surface area contributed by atoms with Crippen LogP contribution in [0.2, 0.25) is 0 Å². The predicted octanol–water partition coefficient (Wildman–Crippen LogP) is 4.49. The van der Waals surface area contributed by atoms with Gasteiger partial charge in [0.05, 0.1) is 22.5 Å². The molecule has 1 unspecified atom stereocenters. The van der Waals surface area contributed by atoms with Crippen LogP contribution >= 0.6 is 0 Å². The van der Waals surface area contributed by atoms with Crippen molar-refractivity contribution in [1.29, 1.82) is 0 Å². The summed E-state index contributed by atoms with van der Waals surface area (Å²) in [6.45, 7) is 5.72. The van der Waals surface area contributed by atoms with Gasteiger partial charge in [-0.3, -0.25) is 9.36 Å². The molecule has 168 valence electrons. The SMILES string of the molecule is Cc1cc(C(C)Nc2ccccc2C(=O)O)c2nc(N3CCCCCC3)n(C)c(=O)c2c1. The van der Waals surface area contributed by atoms with Crippen molar-refractivity contribution in [3.8, 4) is 0 Å². The maximum atomic E-state index is 13.3. The van der Waals surface area contributed by atoms with Crippen molar-refractivity contribution in [3.05, 3.63) is 63.4 Å². The van der Waals surface area contributed by atoms with Gasteiger partial charge < -0.3 is 15.3 Å².